The molecule has 0 saturated carbocycles. The predicted octanol–water partition coefficient (Wildman–Crippen LogP) is 2.54. The van der Waals surface area contributed by atoms with Crippen molar-refractivity contribution in [3.05, 3.63) is 72.2 Å². The fourth-order valence-corrected chi connectivity index (χ4v) is 2.45. The van der Waals surface area contributed by atoms with E-state index in [1.807, 2.05) is 42.1 Å². The zero-order chi connectivity index (χ0) is 16.2. The highest BCUT2D eigenvalue weighted by atomic mass is 16.5. The minimum absolute atomic E-state index is 0.249. The Bertz CT molecular complexity index is 793. The Morgan fingerprint density at radius 3 is 2.78 bits per heavy atom. The average molecular weight is 311 g/mol. The number of hydrogen-bond acceptors (Lipinski definition) is 4. The first-order valence-corrected chi connectivity index (χ1v) is 7.15. The Morgan fingerprint density at radius 2 is 2.13 bits per heavy atom. The van der Waals surface area contributed by atoms with Crippen LogP contribution in [-0.4, -0.2) is 22.6 Å². The number of para-hydroxylation sites is 1. The summed E-state index contributed by atoms with van der Waals surface area (Å²) in [6.45, 7) is 0. The van der Waals surface area contributed by atoms with Crippen LogP contribution in [0.15, 0.2) is 59.5 Å². The number of methoxy groups -OCH3 is 1. The zero-order valence-electron chi connectivity index (χ0n) is 12.9. The van der Waals surface area contributed by atoms with Crippen LogP contribution in [0.4, 0.5) is 0 Å². The summed E-state index contributed by atoms with van der Waals surface area (Å²) < 4.78 is 12.5. The van der Waals surface area contributed by atoms with Crippen molar-refractivity contribution in [3.63, 3.8) is 0 Å². The number of furan rings is 1. The number of nitrogens with one attached hydrogen (secondary N) is 1. The summed E-state index contributed by atoms with van der Waals surface area (Å²) in [5.74, 6) is 1.32. The highest BCUT2D eigenvalue weighted by Gasteiger charge is 2.25. The molecule has 0 unspecified atom stereocenters. The molecule has 2 heterocycles. The second-order valence-electron chi connectivity index (χ2n) is 5.02. The largest absolute Gasteiger partial charge is 0.496 e. The second-order valence-corrected chi connectivity index (χ2v) is 5.02. The van der Waals surface area contributed by atoms with Gasteiger partial charge in [-0.25, -0.2) is 4.98 Å². The van der Waals surface area contributed by atoms with Crippen LogP contribution in [0.25, 0.3) is 0 Å². The fourth-order valence-electron chi connectivity index (χ4n) is 2.45. The van der Waals surface area contributed by atoms with E-state index >= 15 is 0 Å². The monoisotopic (exact) mass is 311 g/mol. The summed E-state index contributed by atoms with van der Waals surface area (Å²) >= 11 is 0. The van der Waals surface area contributed by atoms with Crippen molar-refractivity contribution < 1.29 is 13.9 Å². The van der Waals surface area contributed by atoms with Gasteiger partial charge in [0.05, 0.1) is 13.4 Å². The number of rotatable bonds is 5. The van der Waals surface area contributed by atoms with Crippen LogP contribution < -0.4 is 10.1 Å². The molecule has 0 aliphatic carbocycles. The van der Waals surface area contributed by atoms with Gasteiger partial charge in [-0.3, -0.25) is 4.79 Å². The molecule has 23 heavy (non-hydrogen) atoms. The molecule has 1 atom stereocenters. The van der Waals surface area contributed by atoms with E-state index in [9.17, 15) is 4.79 Å². The maximum absolute atomic E-state index is 12.4. The van der Waals surface area contributed by atoms with Gasteiger partial charge in [0.25, 0.3) is 5.91 Å². The number of aromatic nitrogens is 2. The van der Waals surface area contributed by atoms with Crippen molar-refractivity contribution in [1.29, 1.82) is 0 Å². The van der Waals surface area contributed by atoms with E-state index < -0.39 is 6.04 Å². The number of carbonyl (C=O) groups is 1. The number of nitrogens with zero attached hydrogens (tertiary/aromatic N) is 2. The van der Waals surface area contributed by atoms with Gasteiger partial charge in [0.1, 0.15) is 17.6 Å². The molecule has 6 nitrogen and oxygen atoms in total. The molecule has 0 aliphatic rings. The summed E-state index contributed by atoms with van der Waals surface area (Å²) in [7, 11) is 3.48. The molecule has 0 bridgehead atoms. The van der Waals surface area contributed by atoms with Crippen LogP contribution in [0, 0.1) is 0 Å². The molecule has 0 radical (unpaired) electrons. The quantitative estimate of drug-likeness (QED) is 0.786. The normalized spacial score (nSPS) is 11.9. The van der Waals surface area contributed by atoms with Crippen molar-refractivity contribution >= 4 is 5.91 Å². The first kappa shape index (κ1) is 14.9. The van der Waals surface area contributed by atoms with E-state index in [1.54, 1.807) is 25.4 Å². The van der Waals surface area contributed by atoms with E-state index in [1.165, 1.54) is 6.26 Å². The van der Waals surface area contributed by atoms with Crippen LogP contribution in [-0.2, 0) is 7.05 Å². The molecule has 3 rings (SSSR count). The van der Waals surface area contributed by atoms with Gasteiger partial charge in [-0.1, -0.05) is 18.2 Å². The van der Waals surface area contributed by atoms with Crippen LogP contribution >= 0.6 is 0 Å². The molecular formula is C17H17N3O3. The zero-order valence-corrected chi connectivity index (χ0v) is 12.9. The smallest absolute Gasteiger partial charge is 0.287 e. The third kappa shape index (κ3) is 2.96. The molecule has 3 aromatic rings. The third-order valence-corrected chi connectivity index (χ3v) is 3.59. The lowest BCUT2D eigenvalue weighted by Crippen LogP contribution is -2.31. The maximum Gasteiger partial charge on any atom is 0.287 e. The van der Waals surface area contributed by atoms with Crippen LogP contribution in [0.3, 0.4) is 0 Å². The molecule has 6 heteroatoms. The van der Waals surface area contributed by atoms with Crippen molar-refractivity contribution in [2.75, 3.05) is 7.11 Å². The third-order valence-electron chi connectivity index (χ3n) is 3.59. The number of ether oxygens (including phenoxy) is 1. The van der Waals surface area contributed by atoms with Crippen molar-refractivity contribution in [2.24, 2.45) is 7.05 Å². The second kappa shape index (κ2) is 6.39. The number of benzene rings is 1. The highest BCUT2D eigenvalue weighted by molar-refractivity contribution is 5.91. The predicted molar refractivity (Wildman–Crippen MR) is 84.2 cm³/mol. The van der Waals surface area contributed by atoms with Crippen LogP contribution in [0.2, 0.25) is 0 Å². The van der Waals surface area contributed by atoms with Gasteiger partial charge in [-0.2, -0.15) is 0 Å². The summed E-state index contributed by atoms with van der Waals surface area (Å²) in [6.07, 6.45) is 4.99. The van der Waals surface area contributed by atoms with Gasteiger partial charge in [0.15, 0.2) is 5.76 Å². The van der Waals surface area contributed by atoms with E-state index in [0.29, 0.717) is 11.6 Å². The molecule has 1 aromatic carbocycles. The van der Waals surface area contributed by atoms with Gasteiger partial charge < -0.3 is 19.0 Å². The fraction of sp³-hybridized carbons (Fsp3) is 0.176. The number of aryl methyl sites for hydroxylation is 1. The first-order valence-electron chi connectivity index (χ1n) is 7.15. The van der Waals surface area contributed by atoms with E-state index in [-0.39, 0.29) is 11.7 Å². The minimum atomic E-state index is -0.455. The molecule has 0 spiro atoms. The molecule has 2 aromatic heterocycles. The van der Waals surface area contributed by atoms with E-state index in [4.69, 9.17) is 9.15 Å². The summed E-state index contributed by atoms with van der Waals surface area (Å²) in [6, 6.07) is 10.4. The molecule has 1 amide bonds. The van der Waals surface area contributed by atoms with Gasteiger partial charge in [0.2, 0.25) is 0 Å². The minimum Gasteiger partial charge on any atom is -0.496 e. The molecule has 1 N–H and O–H groups in total. The molecule has 0 saturated heterocycles. The highest BCUT2D eigenvalue weighted by Crippen LogP contribution is 2.29. The first-order chi connectivity index (χ1) is 11.2. The number of imidazole rings is 1. The summed E-state index contributed by atoms with van der Waals surface area (Å²) in [5.41, 5.74) is 0.823. The Kier molecular flexibility index (Phi) is 4.14. The van der Waals surface area contributed by atoms with E-state index in [0.717, 1.165) is 5.56 Å². The van der Waals surface area contributed by atoms with Gasteiger partial charge >= 0.3 is 0 Å². The molecule has 0 fully saturated rings. The van der Waals surface area contributed by atoms with Gasteiger partial charge in [0, 0.05) is 25.0 Å². The number of amides is 1. The number of hydrogen-bond donors (Lipinski definition) is 1. The van der Waals surface area contributed by atoms with Crippen molar-refractivity contribution in [2.45, 2.75) is 6.04 Å². The topological polar surface area (TPSA) is 69.3 Å². The lowest BCUT2D eigenvalue weighted by atomic mass is 10.0. The Balaban J connectivity index is 2.01. The standard InChI is InChI=1S/C17H17N3O3/c1-20-10-9-18-16(20)15(12-6-3-4-7-13(12)22-2)19-17(21)14-8-5-11-23-14/h3-11,15H,1-2H3,(H,19,21)/t15-/m0/s1. The Labute approximate surface area is 133 Å². The van der Waals surface area contributed by atoms with Gasteiger partial charge in [-0.15, -0.1) is 0 Å². The van der Waals surface area contributed by atoms with Crippen molar-refractivity contribution in [3.8, 4) is 5.75 Å². The van der Waals surface area contributed by atoms with Crippen LogP contribution in [0.1, 0.15) is 28.0 Å². The lowest BCUT2D eigenvalue weighted by Gasteiger charge is -2.20. The Morgan fingerprint density at radius 1 is 1.30 bits per heavy atom. The SMILES string of the molecule is COc1ccccc1[C@H](NC(=O)c1ccco1)c1nccn1C. The Hall–Kier alpha value is -3.02. The average Bonchev–Trinajstić information content (AvgIpc) is 3.24. The molecular weight excluding hydrogens is 294 g/mol. The lowest BCUT2D eigenvalue weighted by molar-refractivity contribution is 0.0913. The van der Waals surface area contributed by atoms with Crippen molar-refractivity contribution in [1.82, 2.24) is 14.9 Å². The molecule has 118 valence electrons. The van der Waals surface area contributed by atoms with Crippen LogP contribution in [0.5, 0.6) is 5.75 Å². The molecule has 0 aliphatic heterocycles. The summed E-state index contributed by atoms with van der Waals surface area (Å²) in [5, 5.41) is 2.96. The number of carbonyl (C=O) groups excluding carboxylic acids is 1. The summed E-state index contributed by atoms with van der Waals surface area (Å²) in [4.78, 5) is 16.8. The van der Waals surface area contributed by atoms with E-state index in [2.05, 4.69) is 10.3 Å². The maximum atomic E-state index is 12.4. The van der Waals surface area contributed by atoms with Gasteiger partial charge in [-0.05, 0) is 18.2 Å².